The number of nitrogens with zero attached hydrogens (tertiary/aromatic N) is 1. The first-order valence-electron chi connectivity index (χ1n) is 4.74. The molecule has 0 fully saturated rings. The van der Waals surface area contributed by atoms with Gasteiger partial charge in [-0.3, -0.25) is 4.79 Å². The summed E-state index contributed by atoms with van der Waals surface area (Å²) in [7, 11) is 0. The summed E-state index contributed by atoms with van der Waals surface area (Å²) in [6.07, 6.45) is 3.14. The van der Waals surface area contributed by atoms with Gasteiger partial charge in [0, 0.05) is 18.5 Å². The van der Waals surface area contributed by atoms with E-state index >= 15 is 0 Å². The summed E-state index contributed by atoms with van der Waals surface area (Å²) in [4.78, 5) is 13.8. The summed E-state index contributed by atoms with van der Waals surface area (Å²) >= 11 is 1.57. The molecule has 0 saturated carbocycles. The molecule has 1 aromatic heterocycles. The van der Waals surface area contributed by atoms with Gasteiger partial charge in [0.15, 0.2) is 0 Å². The third kappa shape index (κ3) is 1.87. The van der Waals surface area contributed by atoms with Crippen molar-refractivity contribution < 1.29 is 4.79 Å². The lowest BCUT2D eigenvalue weighted by Crippen LogP contribution is -2.34. The first-order valence-corrected chi connectivity index (χ1v) is 5.69. The molecule has 2 heterocycles. The van der Waals surface area contributed by atoms with Crippen LogP contribution in [0.2, 0.25) is 0 Å². The lowest BCUT2D eigenvalue weighted by molar-refractivity contribution is 0.0769. The number of hydrogen-bond donors (Lipinski definition) is 0. The Labute approximate surface area is 87.9 Å². The van der Waals surface area contributed by atoms with Gasteiger partial charge in [0.2, 0.25) is 0 Å². The molecule has 0 unspecified atom stereocenters. The smallest absolute Gasteiger partial charge is 0.254 e. The predicted molar refractivity (Wildman–Crippen MR) is 58.6 cm³/mol. The Balaban J connectivity index is 2.07. The average molecular weight is 207 g/mol. The first kappa shape index (κ1) is 9.46. The molecule has 0 aliphatic carbocycles. The van der Waals surface area contributed by atoms with E-state index in [4.69, 9.17) is 0 Å². The summed E-state index contributed by atoms with van der Waals surface area (Å²) in [5.74, 6) is 0.162. The van der Waals surface area contributed by atoms with Crippen LogP contribution in [0.5, 0.6) is 0 Å². The fraction of sp³-hybridized carbons (Fsp3) is 0.364. The predicted octanol–water partition coefficient (Wildman–Crippen LogP) is 2.54. The van der Waals surface area contributed by atoms with Crippen LogP contribution in [0.1, 0.15) is 23.7 Å². The van der Waals surface area contributed by atoms with Crippen molar-refractivity contribution in [2.75, 3.05) is 13.1 Å². The van der Waals surface area contributed by atoms with Crippen molar-refractivity contribution >= 4 is 17.2 Å². The Morgan fingerprint density at radius 1 is 1.57 bits per heavy atom. The molecule has 0 aromatic carbocycles. The monoisotopic (exact) mass is 207 g/mol. The Hall–Kier alpha value is -1.09. The van der Waals surface area contributed by atoms with Crippen LogP contribution >= 0.6 is 11.3 Å². The van der Waals surface area contributed by atoms with Crippen LogP contribution in [-0.4, -0.2) is 23.9 Å². The summed E-state index contributed by atoms with van der Waals surface area (Å²) in [5, 5.41) is 3.85. The van der Waals surface area contributed by atoms with E-state index in [1.165, 1.54) is 5.57 Å². The van der Waals surface area contributed by atoms with Crippen molar-refractivity contribution in [3.63, 3.8) is 0 Å². The van der Waals surface area contributed by atoms with Gasteiger partial charge in [0.1, 0.15) is 0 Å². The van der Waals surface area contributed by atoms with Crippen molar-refractivity contribution in [2.24, 2.45) is 0 Å². The van der Waals surface area contributed by atoms with Crippen molar-refractivity contribution in [2.45, 2.75) is 13.3 Å². The lowest BCUT2D eigenvalue weighted by atomic mass is 10.1. The zero-order valence-corrected chi connectivity index (χ0v) is 9.01. The normalized spacial score (nSPS) is 16.6. The van der Waals surface area contributed by atoms with Crippen molar-refractivity contribution in [3.05, 3.63) is 34.0 Å². The summed E-state index contributed by atoms with van der Waals surface area (Å²) in [5.41, 5.74) is 2.21. The van der Waals surface area contributed by atoms with Gasteiger partial charge in [-0.2, -0.15) is 11.3 Å². The fourth-order valence-electron chi connectivity index (χ4n) is 1.52. The van der Waals surface area contributed by atoms with E-state index in [1.54, 1.807) is 11.3 Å². The highest BCUT2D eigenvalue weighted by molar-refractivity contribution is 7.08. The van der Waals surface area contributed by atoms with E-state index in [0.717, 1.165) is 25.1 Å². The molecular weight excluding hydrogens is 194 g/mol. The minimum atomic E-state index is 0.162. The van der Waals surface area contributed by atoms with E-state index in [1.807, 2.05) is 21.7 Å². The first-order chi connectivity index (χ1) is 6.77. The quantitative estimate of drug-likeness (QED) is 0.648. The standard InChI is InChI=1S/C11H13NOS/c1-9-2-5-12(6-3-9)11(13)10-4-7-14-8-10/h2,4,7-8H,3,5-6H2,1H3. The molecular formula is C11H13NOS. The maximum absolute atomic E-state index is 11.9. The van der Waals surface area contributed by atoms with Gasteiger partial charge in [-0.1, -0.05) is 11.6 Å². The van der Waals surface area contributed by atoms with Crippen LogP contribution in [0.3, 0.4) is 0 Å². The van der Waals surface area contributed by atoms with E-state index in [0.29, 0.717) is 0 Å². The molecule has 2 rings (SSSR count). The highest BCUT2D eigenvalue weighted by Gasteiger charge is 2.17. The average Bonchev–Trinajstić information content (AvgIpc) is 2.71. The van der Waals surface area contributed by atoms with Gasteiger partial charge in [-0.05, 0) is 24.8 Å². The second-order valence-corrected chi connectivity index (χ2v) is 4.34. The minimum absolute atomic E-state index is 0.162. The molecule has 0 radical (unpaired) electrons. The topological polar surface area (TPSA) is 20.3 Å². The third-order valence-electron chi connectivity index (χ3n) is 2.49. The van der Waals surface area contributed by atoms with E-state index in [-0.39, 0.29) is 5.91 Å². The highest BCUT2D eigenvalue weighted by atomic mass is 32.1. The number of amides is 1. The van der Waals surface area contributed by atoms with Gasteiger partial charge in [0.05, 0.1) is 5.56 Å². The molecule has 0 atom stereocenters. The summed E-state index contributed by atoms with van der Waals surface area (Å²) in [6, 6.07) is 1.89. The van der Waals surface area contributed by atoms with Gasteiger partial charge in [-0.15, -0.1) is 0 Å². The molecule has 14 heavy (non-hydrogen) atoms. The molecule has 1 amide bonds. The maximum Gasteiger partial charge on any atom is 0.254 e. The molecule has 0 N–H and O–H groups in total. The van der Waals surface area contributed by atoms with E-state index < -0.39 is 0 Å². The fourth-order valence-corrected chi connectivity index (χ4v) is 2.15. The molecule has 2 nitrogen and oxygen atoms in total. The third-order valence-corrected chi connectivity index (χ3v) is 3.17. The van der Waals surface area contributed by atoms with Crippen molar-refractivity contribution in [1.82, 2.24) is 4.90 Å². The zero-order chi connectivity index (χ0) is 9.97. The Morgan fingerprint density at radius 3 is 3.00 bits per heavy atom. The van der Waals surface area contributed by atoms with E-state index in [9.17, 15) is 4.79 Å². The zero-order valence-electron chi connectivity index (χ0n) is 8.19. The Morgan fingerprint density at radius 2 is 2.43 bits per heavy atom. The number of thiophene rings is 1. The summed E-state index contributed by atoms with van der Waals surface area (Å²) < 4.78 is 0. The molecule has 0 spiro atoms. The number of rotatable bonds is 1. The number of carbonyl (C=O) groups is 1. The summed E-state index contributed by atoms with van der Waals surface area (Å²) in [6.45, 7) is 3.74. The van der Waals surface area contributed by atoms with Crippen LogP contribution < -0.4 is 0 Å². The van der Waals surface area contributed by atoms with E-state index in [2.05, 4.69) is 13.0 Å². The van der Waals surface area contributed by atoms with Gasteiger partial charge < -0.3 is 4.90 Å². The molecule has 1 aromatic rings. The van der Waals surface area contributed by atoms with Crippen LogP contribution in [0.15, 0.2) is 28.5 Å². The highest BCUT2D eigenvalue weighted by Crippen LogP contribution is 2.14. The van der Waals surface area contributed by atoms with Gasteiger partial charge in [-0.25, -0.2) is 0 Å². The Kier molecular flexibility index (Phi) is 2.68. The second-order valence-electron chi connectivity index (χ2n) is 3.56. The molecule has 1 aliphatic heterocycles. The molecule has 1 aliphatic rings. The molecule has 3 heteroatoms. The minimum Gasteiger partial charge on any atom is -0.335 e. The van der Waals surface area contributed by atoms with Gasteiger partial charge >= 0.3 is 0 Å². The number of hydrogen-bond acceptors (Lipinski definition) is 2. The lowest BCUT2D eigenvalue weighted by Gasteiger charge is -2.25. The van der Waals surface area contributed by atoms with Crippen molar-refractivity contribution in [1.29, 1.82) is 0 Å². The largest absolute Gasteiger partial charge is 0.335 e. The molecule has 0 bridgehead atoms. The van der Waals surface area contributed by atoms with Crippen molar-refractivity contribution in [3.8, 4) is 0 Å². The number of carbonyl (C=O) groups excluding carboxylic acids is 1. The molecule has 0 saturated heterocycles. The second kappa shape index (κ2) is 3.96. The van der Waals surface area contributed by atoms with Gasteiger partial charge in [0.25, 0.3) is 5.91 Å². The van der Waals surface area contributed by atoms with Crippen LogP contribution in [0.4, 0.5) is 0 Å². The van der Waals surface area contributed by atoms with Crippen LogP contribution in [-0.2, 0) is 0 Å². The van der Waals surface area contributed by atoms with Crippen LogP contribution in [0.25, 0.3) is 0 Å². The maximum atomic E-state index is 11.9. The Bertz CT molecular complexity index is 353. The molecule has 74 valence electrons. The van der Waals surface area contributed by atoms with Crippen LogP contribution in [0, 0.1) is 0 Å². The SMILES string of the molecule is CC1=CCN(C(=O)c2ccsc2)CC1.